The third-order valence-electron chi connectivity index (χ3n) is 4.90. The molecule has 1 aromatic carbocycles. The van der Waals surface area contributed by atoms with Crippen LogP contribution < -0.4 is 5.32 Å². The molecule has 9 nitrogen and oxygen atoms in total. The van der Waals surface area contributed by atoms with E-state index in [-0.39, 0.29) is 35.7 Å². The number of para-hydroxylation sites is 1. The molecule has 10 heteroatoms. The largest absolute Gasteiger partial charge is 0.468 e. The van der Waals surface area contributed by atoms with Gasteiger partial charge in [-0.05, 0) is 24.4 Å². The fourth-order valence-corrected chi connectivity index (χ4v) is 3.56. The lowest BCUT2D eigenvalue weighted by atomic mass is 10.1. The molecule has 0 atom stereocenters. The van der Waals surface area contributed by atoms with E-state index in [2.05, 4.69) is 5.32 Å². The van der Waals surface area contributed by atoms with E-state index in [9.17, 15) is 14.4 Å². The van der Waals surface area contributed by atoms with Crippen LogP contribution in [0.5, 0.6) is 0 Å². The van der Waals surface area contributed by atoms with Crippen LogP contribution >= 0.6 is 12.2 Å². The highest BCUT2D eigenvalue weighted by Gasteiger charge is 2.37. The molecule has 1 aromatic heterocycles. The van der Waals surface area contributed by atoms with Gasteiger partial charge in [-0.1, -0.05) is 18.2 Å². The number of carbonyl (C=O) groups excluding carboxylic acids is 3. The molecule has 0 radical (unpaired) electrons. The summed E-state index contributed by atoms with van der Waals surface area (Å²) in [6, 6.07) is 7.57. The molecule has 2 heterocycles. The molecule has 0 bridgehead atoms. The van der Waals surface area contributed by atoms with Crippen molar-refractivity contribution in [2.75, 3.05) is 41.0 Å². The van der Waals surface area contributed by atoms with Gasteiger partial charge in [0.25, 0.3) is 5.91 Å². The van der Waals surface area contributed by atoms with E-state index in [1.807, 2.05) is 28.8 Å². The Morgan fingerprint density at radius 2 is 1.94 bits per heavy atom. The van der Waals surface area contributed by atoms with Crippen molar-refractivity contribution in [2.24, 2.45) is 0 Å². The number of hydrogen-bond acceptors (Lipinski definition) is 6. The first kappa shape index (κ1) is 22.4. The maximum atomic E-state index is 12.8. The van der Waals surface area contributed by atoms with E-state index < -0.39 is 5.97 Å². The minimum atomic E-state index is -0.508. The lowest BCUT2D eigenvalue weighted by Gasteiger charge is -2.16. The van der Waals surface area contributed by atoms with Crippen molar-refractivity contribution in [1.82, 2.24) is 19.7 Å². The molecule has 1 N–H and O–H groups in total. The molecular formula is C21H24N4O5S. The van der Waals surface area contributed by atoms with Crippen molar-refractivity contribution in [3.05, 3.63) is 41.7 Å². The summed E-state index contributed by atoms with van der Waals surface area (Å²) in [6.07, 6.45) is 3.49. The molecule has 1 fully saturated rings. The van der Waals surface area contributed by atoms with Gasteiger partial charge in [0.1, 0.15) is 18.8 Å². The number of fused-ring (bicyclic) bond motifs is 1. The van der Waals surface area contributed by atoms with E-state index >= 15 is 0 Å². The Hall–Kier alpha value is -3.24. The molecule has 1 saturated heterocycles. The zero-order valence-electron chi connectivity index (χ0n) is 17.6. The van der Waals surface area contributed by atoms with Crippen molar-refractivity contribution < 1.29 is 23.9 Å². The van der Waals surface area contributed by atoms with Crippen LogP contribution in [0.15, 0.2) is 36.2 Å². The number of esters is 1. The first-order chi connectivity index (χ1) is 14.9. The Morgan fingerprint density at radius 1 is 1.19 bits per heavy atom. The standard InChI is InChI=1S/C21H24N4O5S/c1-23-20(28)17(25(21(23)31)13-19(27)30-3)10-14-11-24(12-18(26)22-8-9-29-2)16-7-5-4-6-15(14)16/h4-7,10-11H,8-9,12-13H2,1-3H3,(H,22,26)/b17-10-. The van der Waals surface area contributed by atoms with Gasteiger partial charge in [-0.25, -0.2) is 0 Å². The number of rotatable bonds is 8. The van der Waals surface area contributed by atoms with Gasteiger partial charge >= 0.3 is 5.97 Å². The van der Waals surface area contributed by atoms with Crippen molar-refractivity contribution in [3.8, 4) is 0 Å². The molecular weight excluding hydrogens is 420 g/mol. The molecule has 0 unspecified atom stereocenters. The summed E-state index contributed by atoms with van der Waals surface area (Å²) < 4.78 is 11.5. The smallest absolute Gasteiger partial charge is 0.325 e. The summed E-state index contributed by atoms with van der Waals surface area (Å²) in [5, 5.41) is 3.89. The fourth-order valence-electron chi connectivity index (χ4n) is 3.32. The Morgan fingerprint density at radius 3 is 2.65 bits per heavy atom. The van der Waals surface area contributed by atoms with E-state index in [4.69, 9.17) is 21.7 Å². The highest BCUT2D eigenvalue weighted by molar-refractivity contribution is 7.80. The third kappa shape index (κ3) is 4.75. The molecule has 2 amide bonds. The first-order valence-electron chi connectivity index (χ1n) is 9.59. The zero-order chi connectivity index (χ0) is 22.5. The minimum absolute atomic E-state index is 0.117. The topological polar surface area (TPSA) is 93.1 Å². The van der Waals surface area contributed by atoms with Crippen LogP contribution in [-0.2, 0) is 30.4 Å². The lowest BCUT2D eigenvalue weighted by molar-refractivity contribution is -0.140. The molecule has 0 saturated carbocycles. The molecule has 0 spiro atoms. The number of thiocarbonyl (C=S) groups is 1. The Bertz CT molecular complexity index is 1060. The third-order valence-corrected chi connectivity index (χ3v) is 5.40. The molecule has 164 valence electrons. The van der Waals surface area contributed by atoms with Gasteiger partial charge in [-0.15, -0.1) is 0 Å². The summed E-state index contributed by atoms with van der Waals surface area (Å²) in [4.78, 5) is 39.6. The van der Waals surface area contributed by atoms with Crippen LogP contribution in [0.3, 0.4) is 0 Å². The molecule has 0 aliphatic carbocycles. The Labute approximate surface area is 185 Å². The lowest BCUT2D eigenvalue weighted by Crippen LogP contribution is -2.33. The second-order valence-corrected chi connectivity index (χ2v) is 7.28. The second-order valence-electron chi connectivity index (χ2n) is 6.91. The number of aromatic nitrogens is 1. The van der Waals surface area contributed by atoms with Crippen molar-refractivity contribution >= 4 is 52.1 Å². The normalized spacial score (nSPS) is 15.3. The highest BCUT2D eigenvalue weighted by atomic mass is 32.1. The number of nitrogens with zero attached hydrogens (tertiary/aromatic N) is 3. The fraction of sp³-hybridized carbons (Fsp3) is 0.333. The summed E-state index contributed by atoms with van der Waals surface area (Å²) in [7, 11) is 4.41. The van der Waals surface area contributed by atoms with Crippen LogP contribution in [0.4, 0.5) is 0 Å². The van der Waals surface area contributed by atoms with Gasteiger partial charge in [0.05, 0.1) is 13.7 Å². The predicted molar refractivity (Wildman–Crippen MR) is 119 cm³/mol. The summed E-state index contributed by atoms with van der Waals surface area (Å²) in [5.41, 5.74) is 1.85. The van der Waals surface area contributed by atoms with Crippen LogP contribution in [-0.4, -0.2) is 78.2 Å². The van der Waals surface area contributed by atoms with E-state index in [0.717, 1.165) is 16.5 Å². The number of methoxy groups -OCH3 is 2. The number of hydrogen-bond donors (Lipinski definition) is 1. The van der Waals surface area contributed by atoms with Crippen molar-refractivity contribution in [1.29, 1.82) is 0 Å². The molecule has 3 rings (SSSR count). The van der Waals surface area contributed by atoms with E-state index in [0.29, 0.717) is 13.2 Å². The quantitative estimate of drug-likeness (QED) is 0.281. The number of carbonyl (C=O) groups is 3. The van der Waals surface area contributed by atoms with Gasteiger partial charge in [0.15, 0.2) is 5.11 Å². The average molecular weight is 445 g/mol. The van der Waals surface area contributed by atoms with Crippen molar-refractivity contribution in [3.63, 3.8) is 0 Å². The monoisotopic (exact) mass is 444 g/mol. The summed E-state index contributed by atoms with van der Waals surface area (Å²) >= 11 is 5.32. The van der Waals surface area contributed by atoms with Crippen molar-refractivity contribution in [2.45, 2.75) is 6.54 Å². The van der Waals surface area contributed by atoms with Gasteiger partial charge in [0.2, 0.25) is 5.91 Å². The summed E-state index contributed by atoms with van der Waals surface area (Å²) in [5.74, 6) is -0.975. The second kappa shape index (κ2) is 9.71. The maximum absolute atomic E-state index is 12.8. The Balaban J connectivity index is 1.97. The van der Waals surface area contributed by atoms with Crippen LogP contribution in [0.1, 0.15) is 5.56 Å². The number of amides is 2. The Kier molecular flexibility index (Phi) is 7.03. The van der Waals surface area contributed by atoms with E-state index in [1.54, 1.807) is 26.4 Å². The molecule has 1 aliphatic heterocycles. The summed E-state index contributed by atoms with van der Waals surface area (Å²) in [6.45, 7) is 0.802. The van der Waals surface area contributed by atoms with Gasteiger partial charge < -0.3 is 24.3 Å². The molecule has 1 aliphatic rings. The first-order valence-corrected chi connectivity index (χ1v) is 9.99. The van der Waals surface area contributed by atoms with Crippen LogP contribution in [0.2, 0.25) is 0 Å². The van der Waals surface area contributed by atoms with Gasteiger partial charge in [0, 0.05) is 43.4 Å². The zero-order valence-corrected chi connectivity index (χ0v) is 18.4. The molecule has 2 aromatic rings. The van der Waals surface area contributed by atoms with E-state index in [1.165, 1.54) is 16.9 Å². The number of nitrogens with one attached hydrogen (secondary N) is 1. The van der Waals surface area contributed by atoms with Crippen LogP contribution in [0, 0.1) is 0 Å². The molecule has 31 heavy (non-hydrogen) atoms. The van der Waals surface area contributed by atoms with Gasteiger partial charge in [-0.3, -0.25) is 19.3 Å². The number of benzene rings is 1. The predicted octanol–water partition coefficient (Wildman–Crippen LogP) is 0.977. The maximum Gasteiger partial charge on any atom is 0.325 e. The SMILES string of the molecule is COCCNC(=O)Cn1cc(/C=C2/C(=O)N(C)C(=S)N2CC(=O)OC)c2ccccc21. The number of ether oxygens (including phenoxy) is 2. The number of likely N-dealkylation sites (N-methyl/N-ethyl adjacent to an activating group) is 1. The highest BCUT2D eigenvalue weighted by Crippen LogP contribution is 2.27. The van der Waals surface area contributed by atoms with Crippen LogP contribution in [0.25, 0.3) is 17.0 Å². The average Bonchev–Trinajstić information content (AvgIpc) is 3.20. The minimum Gasteiger partial charge on any atom is -0.468 e. The van der Waals surface area contributed by atoms with Gasteiger partial charge in [-0.2, -0.15) is 0 Å².